The molecule has 6 fully saturated rings. The van der Waals surface area contributed by atoms with Gasteiger partial charge >= 0.3 is 11.9 Å². The first-order valence-electron chi connectivity index (χ1n) is 14.3. The van der Waals surface area contributed by atoms with E-state index in [1.54, 1.807) is 26.0 Å². The van der Waals surface area contributed by atoms with Gasteiger partial charge < -0.3 is 43.4 Å². The van der Waals surface area contributed by atoms with Crippen molar-refractivity contribution in [1.82, 2.24) is 0 Å². The fraction of sp³-hybridized carbons (Fsp3) is 0.793. The smallest absolute Gasteiger partial charge is 0.338 e. The highest BCUT2D eigenvalue weighted by molar-refractivity contribution is 5.82. The third kappa shape index (κ3) is 3.55. The van der Waals surface area contributed by atoms with Crippen LogP contribution in [0.25, 0.3) is 0 Å². The van der Waals surface area contributed by atoms with Gasteiger partial charge in [0.2, 0.25) is 0 Å². The van der Waals surface area contributed by atoms with Crippen LogP contribution in [0.3, 0.4) is 0 Å². The van der Waals surface area contributed by atoms with E-state index in [2.05, 4.69) is 13.8 Å². The lowest BCUT2D eigenvalue weighted by Gasteiger charge is -2.58. The maximum atomic E-state index is 13.4. The standard InChI is InChI=1S/C29H38O11/c1-15(30)16-7-5-6-8-20(32)37-18-11-19-29(14-36-29)27(18,4)28(10-9-25(2)21(39-25)22(28)38-19)13-35-24(33)23-26(3,40-23)17(31)12-34-16/h5-8,15-19,21-23,30-31H,9-14H2,1-4H3/b7-5+,8-6-/t15-,16-,17+,18-,19-,21+,22-,23-,25?,26-,27-,28?,29+/m1/s1. The van der Waals surface area contributed by atoms with Gasteiger partial charge in [0.1, 0.15) is 42.2 Å². The summed E-state index contributed by atoms with van der Waals surface area (Å²) in [5.41, 5.74) is -3.54. The lowest BCUT2D eigenvalue weighted by molar-refractivity contribution is -0.251. The summed E-state index contributed by atoms with van der Waals surface area (Å²) in [5, 5.41) is 20.9. The Balaban J connectivity index is 1.25. The quantitative estimate of drug-likeness (QED) is 0.344. The molecule has 2 N–H and O–H groups in total. The topological polar surface area (TPSA) is 149 Å². The second-order valence-corrected chi connectivity index (χ2v) is 13.2. The third-order valence-electron chi connectivity index (χ3n) is 11.1. The van der Waals surface area contributed by atoms with Gasteiger partial charge in [0, 0.05) is 17.9 Å². The molecule has 11 nitrogen and oxygen atoms in total. The van der Waals surface area contributed by atoms with E-state index in [1.807, 2.05) is 0 Å². The molecule has 7 rings (SSSR count). The zero-order chi connectivity index (χ0) is 28.3. The number of allylic oxidation sites excluding steroid dienone is 2. The van der Waals surface area contributed by atoms with Crippen LogP contribution in [0.2, 0.25) is 0 Å². The second-order valence-electron chi connectivity index (χ2n) is 13.2. The van der Waals surface area contributed by atoms with E-state index >= 15 is 0 Å². The van der Waals surface area contributed by atoms with Crippen LogP contribution in [0.4, 0.5) is 0 Å². The van der Waals surface area contributed by atoms with Gasteiger partial charge in [-0.1, -0.05) is 25.2 Å². The van der Waals surface area contributed by atoms with E-state index < -0.39 is 64.5 Å². The van der Waals surface area contributed by atoms with Gasteiger partial charge in [-0.3, -0.25) is 0 Å². The van der Waals surface area contributed by atoms with Crippen molar-refractivity contribution in [3.05, 3.63) is 24.3 Å². The molecule has 5 heterocycles. The Hall–Kier alpha value is -1.86. The van der Waals surface area contributed by atoms with Crippen molar-refractivity contribution in [2.75, 3.05) is 19.8 Å². The van der Waals surface area contributed by atoms with E-state index in [4.69, 9.17) is 33.2 Å². The molecule has 220 valence electrons. The minimum Gasteiger partial charge on any atom is -0.463 e. The van der Waals surface area contributed by atoms with Crippen LogP contribution in [0.1, 0.15) is 47.0 Å². The molecule has 0 radical (unpaired) electrons. The van der Waals surface area contributed by atoms with Crippen molar-refractivity contribution >= 4 is 11.9 Å². The molecule has 2 spiro atoms. The van der Waals surface area contributed by atoms with Crippen LogP contribution in [0, 0.1) is 10.8 Å². The summed E-state index contributed by atoms with van der Waals surface area (Å²) >= 11 is 0. The molecule has 11 heteroatoms. The number of epoxide rings is 3. The molecular weight excluding hydrogens is 524 g/mol. The molecule has 40 heavy (non-hydrogen) atoms. The van der Waals surface area contributed by atoms with Gasteiger partial charge in [0.25, 0.3) is 0 Å². The zero-order valence-electron chi connectivity index (χ0n) is 23.2. The Morgan fingerprint density at radius 1 is 1.02 bits per heavy atom. The van der Waals surface area contributed by atoms with Gasteiger partial charge in [-0.05, 0) is 33.6 Å². The Labute approximate surface area is 232 Å². The lowest BCUT2D eigenvalue weighted by Crippen LogP contribution is -2.69. The van der Waals surface area contributed by atoms with Gasteiger partial charge in [0.05, 0.1) is 42.5 Å². The van der Waals surface area contributed by atoms with Crippen LogP contribution >= 0.6 is 0 Å². The van der Waals surface area contributed by atoms with E-state index in [1.165, 1.54) is 12.2 Å². The van der Waals surface area contributed by atoms with Gasteiger partial charge in [0.15, 0.2) is 6.10 Å². The molecule has 7 aliphatic rings. The number of carbonyl (C=O) groups is 2. The molecule has 2 unspecified atom stereocenters. The summed E-state index contributed by atoms with van der Waals surface area (Å²) in [5.74, 6) is -1.10. The minimum atomic E-state index is -1.18. The molecule has 0 aromatic heterocycles. The predicted molar refractivity (Wildman–Crippen MR) is 135 cm³/mol. The van der Waals surface area contributed by atoms with Crippen molar-refractivity contribution in [2.45, 2.75) is 113 Å². The zero-order valence-corrected chi connectivity index (χ0v) is 23.2. The molecular formula is C29H38O11. The Morgan fingerprint density at radius 3 is 2.52 bits per heavy atom. The number of ether oxygens (including phenoxy) is 7. The van der Waals surface area contributed by atoms with Crippen molar-refractivity contribution in [2.24, 2.45) is 10.8 Å². The van der Waals surface area contributed by atoms with Crippen LogP contribution in [-0.4, -0.2) is 108 Å². The molecule has 13 atom stereocenters. The molecule has 5 aliphatic heterocycles. The summed E-state index contributed by atoms with van der Waals surface area (Å²) < 4.78 is 42.6. The first-order valence-corrected chi connectivity index (χ1v) is 14.3. The van der Waals surface area contributed by atoms with Crippen molar-refractivity contribution < 1.29 is 53.0 Å². The predicted octanol–water partition coefficient (Wildman–Crippen LogP) is 0.736. The Bertz CT molecular complexity index is 1160. The first-order chi connectivity index (χ1) is 18.9. The summed E-state index contributed by atoms with van der Waals surface area (Å²) in [6.07, 6.45) is 2.83. The number of fused-ring (bicyclic) bond motifs is 3. The monoisotopic (exact) mass is 562 g/mol. The fourth-order valence-electron chi connectivity index (χ4n) is 8.09. The Morgan fingerprint density at radius 2 is 1.80 bits per heavy atom. The third-order valence-corrected chi connectivity index (χ3v) is 11.1. The Kier molecular flexibility index (Phi) is 5.80. The molecule has 2 aliphatic carbocycles. The van der Waals surface area contributed by atoms with Crippen LogP contribution < -0.4 is 0 Å². The average molecular weight is 563 g/mol. The highest BCUT2D eigenvalue weighted by atomic mass is 16.7. The number of rotatable bonds is 1. The van der Waals surface area contributed by atoms with Gasteiger partial charge in [-0.15, -0.1) is 0 Å². The van der Waals surface area contributed by atoms with Crippen LogP contribution in [-0.2, 0) is 42.7 Å². The highest BCUT2D eigenvalue weighted by Crippen LogP contribution is 2.75. The first kappa shape index (κ1) is 27.0. The molecule has 0 aromatic rings. The number of cyclic esters (lactones) is 1. The second kappa shape index (κ2) is 8.59. The van der Waals surface area contributed by atoms with Crippen LogP contribution in [0.15, 0.2) is 24.3 Å². The molecule has 2 saturated carbocycles. The normalized spacial score (nSPS) is 57.2. The molecule has 4 saturated heterocycles. The molecule has 0 aromatic carbocycles. The molecule has 2 bridgehead atoms. The van der Waals surface area contributed by atoms with Gasteiger partial charge in [-0.2, -0.15) is 0 Å². The van der Waals surface area contributed by atoms with E-state index in [0.29, 0.717) is 19.4 Å². The number of aliphatic hydroxyl groups excluding tert-OH is 2. The van der Waals surface area contributed by atoms with Gasteiger partial charge in [-0.25, -0.2) is 9.59 Å². The maximum absolute atomic E-state index is 13.4. The number of carbonyl (C=O) groups excluding carboxylic acids is 2. The SMILES string of the molecule is C[C@@H](O)[C@H]1/C=C/C=C\C(=O)O[C@@H]2C[C@H]3O[C@@H]4[C@@H]5OC5(C)CCC4(COC(=O)[C@H]4O[C@]4(C)[C@@H](O)CO1)[C@]2(C)[C@]31CO1. The van der Waals surface area contributed by atoms with E-state index in [-0.39, 0.29) is 37.1 Å². The van der Waals surface area contributed by atoms with Crippen LogP contribution in [0.5, 0.6) is 0 Å². The number of hydrogen-bond acceptors (Lipinski definition) is 11. The average Bonchev–Trinajstić information content (AvgIpc) is 3.81. The largest absolute Gasteiger partial charge is 0.463 e. The summed E-state index contributed by atoms with van der Waals surface area (Å²) in [7, 11) is 0. The summed E-state index contributed by atoms with van der Waals surface area (Å²) in [6.45, 7) is 7.67. The maximum Gasteiger partial charge on any atom is 0.338 e. The van der Waals surface area contributed by atoms with Crippen molar-refractivity contribution in [1.29, 1.82) is 0 Å². The van der Waals surface area contributed by atoms with Crippen molar-refractivity contribution in [3.8, 4) is 0 Å². The highest BCUT2D eigenvalue weighted by Gasteiger charge is 2.86. The number of esters is 2. The number of aliphatic hydroxyl groups is 2. The summed E-state index contributed by atoms with van der Waals surface area (Å²) in [6, 6.07) is 0. The van der Waals surface area contributed by atoms with E-state index in [9.17, 15) is 19.8 Å². The fourth-order valence-corrected chi connectivity index (χ4v) is 8.09. The van der Waals surface area contributed by atoms with E-state index in [0.717, 1.165) is 6.42 Å². The number of hydrogen-bond donors (Lipinski definition) is 2. The lowest BCUT2D eigenvalue weighted by atomic mass is 9.50. The molecule has 0 amide bonds. The van der Waals surface area contributed by atoms with Crippen molar-refractivity contribution in [3.63, 3.8) is 0 Å². The minimum absolute atomic E-state index is 0.0139. The summed E-state index contributed by atoms with van der Waals surface area (Å²) in [4.78, 5) is 26.4.